The van der Waals surface area contributed by atoms with Crippen LogP contribution in [0.3, 0.4) is 0 Å². The number of phenolic OH excluding ortho intramolecular Hbond substituents is 1. The van der Waals surface area contributed by atoms with Crippen molar-refractivity contribution in [2.45, 2.75) is 12.3 Å². The number of hydrogen-bond donors (Lipinski definition) is 1. The quantitative estimate of drug-likeness (QED) is 0.269. The summed E-state index contributed by atoms with van der Waals surface area (Å²) >= 11 is 0. The minimum absolute atomic E-state index is 0.213. The molecule has 186 valence electrons. The van der Waals surface area contributed by atoms with Gasteiger partial charge in [-0.25, -0.2) is 9.97 Å². The van der Waals surface area contributed by atoms with Gasteiger partial charge in [0.25, 0.3) is 0 Å². The fourth-order valence-corrected chi connectivity index (χ4v) is 6.05. The Kier molecular flexibility index (Phi) is 5.34. The van der Waals surface area contributed by atoms with Crippen molar-refractivity contribution in [3.8, 4) is 39.4 Å². The minimum Gasteiger partial charge on any atom is -0.507 e. The lowest BCUT2D eigenvalue weighted by Crippen LogP contribution is -2.30. The van der Waals surface area contributed by atoms with Crippen LogP contribution in [0.5, 0.6) is 5.75 Å². The molecule has 0 fully saturated rings. The zero-order valence-electron chi connectivity index (χ0n) is 21.4. The number of pyridine rings is 1. The Morgan fingerprint density at radius 3 is 2.05 bits per heavy atom. The Morgan fingerprint density at radius 1 is 0.667 bits per heavy atom. The summed E-state index contributed by atoms with van der Waals surface area (Å²) in [6.45, 7) is 2.04. The molecule has 0 aliphatic heterocycles. The second-order valence-electron chi connectivity index (χ2n) is 9.90. The van der Waals surface area contributed by atoms with Crippen LogP contribution < -0.4 is 0 Å². The van der Waals surface area contributed by atoms with E-state index >= 15 is 0 Å². The van der Waals surface area contributed by atoms with Gasteiger partial charge < -0.3 is 5.11 Å². The first kappa shape index (κ1) is 23.1. The van der Waals surface area contributed by atoms with E-state index in [2.05, 4.69) is 88.8 Å². The first-order valence-corrected chi connectivity index (χ1v) is 13.0. The van der Waals surface area contributed by atoms with Crippen LogP contribution in [0.4, 0.5) is 0 Å². The molecule has 0 spiro atoms. The standard InChI is InChI=1S/C35H25N3O/c1-23-21-36-22-37-34(23)24-10-8-11-25(20-24)35(29-15-5-2-12-26(29)27-13-3-6-16-30(27)35)33-19-9-17-31(38-33)28-14-4-7-18-32(28)39/h2-22,39H,1H3. The minimum atomic E-state index is -0.662. The van der Waals surface area contributed by atoms with E-state index in [-0.39, 0.29) is 5.75 Å². The number of aromatic hydroxyl groups is 1. The molecular weight excluding hydrogens is 478 g/mol. The third-order valence-corrected chi connectivity index (χ3v) is 7.73. The lowest BCUT2D eigenvalue weighted by molar-refractivity contribution is 0.477. The van der Waals surface area contributed by atoms with Crippen LogP contribution in [0.2, 0.25) is 0 Å². The number of rotatable bonds is 4. The Hall–Kier alpha value is -5.09. The number of para-hydroxylation sites is 1. The second kappa shape index (κ2) is 9.03. The topological polar surface area (TPSA) is 58.9 Å². The molecule has 4 aromatic carbocycles. The number of aryl methyl sites for hydroxylation is 1. The third-order valence-electron chi connectivity index (χ3n) is 7.73. The fraction of sp³-hybridized carbons (Fsp3) is 0.0571. The molecule has 0 unspecified atom stereocenters. The van der Waals surface area contributed by atoms with E-state index in [0.717, 1.165) is 33.8 Å². The molecule has 1 aliphatic rings. The van der Waals surface area contributed by atoms with Gasteiger partial charge in [-0.1, -0.05) is 84.9 Å². The van der Waals surface area contributed by atoms with Crippen LogP contribution in [0.15, 0.2) is 128 Å². The van der Waals surface area contributed by atoms with E-state index in [4.69, 9.17) is 4.98 Å². The van der Waals surface area contributed by atoms with Crippen molar-refractivity contribution >= 4 is 0 Å². The molecule has 1 aliphatic carbocycles. The highest BCUT2D eigenvalue weighted by Gasteiger charge is 2.47. The summed E-state index contributed by atoms with van der Waals surface area (Å²) in [5.74, 6) is 0.213. The molecule has 0 saturated carbocycles. The molecule has 0 radical (unpaired) electrons. The molecular formula is C35H25N3O. The highest BCUT2D eigenvalue weighted by molar-refractivity contribution is 5.86. The average molecular weight is 504 g/mol. The van der Waals surface area contributed by atoms with E-state index in [0.29, 0.717) is 5.56 Å². The maximum absolute atomic E-state index is 10.7. The number of benzene rings is 4. The van der Waals surface area contributed by atoms with Gasteiger partial charge in [-0.3, -0.25) is 4.98 Å². The lowest BCUT2D eigenvalue weighted by atomic mass is 9.69. The van der Waals surface area contributed by atoms with Gasteiger partial charge in [-0.05, 0) is 70.6 Å². The zero-order chi connectivity index (χ0) is 26.4. The summed E-state index contributed by atoms with van der Waals surface area (Å²) in [5.41, 5.74) is 10.5. The highest BCUT2D eigenvalue weighted by atomic mass is 16.3. The number of hydrogen-bond acceptors (Lipinski definition) is 4. The average Bonchev–Trinajstić information content (AvgIpc) is 3.29. The van der Waals surface area contributed by atoms with Crippen LogP contribution in [0.25, 0.3) is 33.6 Å². The van der Waals surface area contributed by atoms with E-state index < -0.39 is 5.41 Å². The van der Waals surface area contributed by atoms with Crippen molar-refractivity contribution in [2.24, 2.45) is 0 Å². The smallest absolute Gasteiger partial charge is 0.124 e. The molecule has 7 rings (SSSR count). The van der Waals surface area contributed by atoms with Crippen LogP contribution in [-0.4, -0.2) is 20.1 Å². The monoisotopic (exact) mass is 503 g/mol. The molecule has 0 atom stereocenters. The van der Waals surface area contributed by atoms with Gasteiger partial charge in [-0.2, -0.15) is 0 Å². The summed E-state index contributed by atoms with van der Waals surface area (Å²) < 4.78 is 0. The van der Waals surface area contributed by atoms with Crippen molar-refractivity contribution < 1.29 is 5.11 Å². The lowest BCUT2D eigenvalue weighted by Gasteiger charge is -2.33. The number of nitrogens with zero attached hydrogens (tertiary/aromatic N) is 3. The molecule has 6 aromatic rings. The summed E-state index contributed by atoms with van der Waals surface area (Å²) in [7, 11) is 0. The first-order valence-electron chi connectivity index (χ1n) is 13.0. The second-order valence-corrected chi connectivity index (χ2v) is 9.90. The van der Waals surface area contributed by atoms with Gasteiger partial charge in [0.05, 0.1) is 22.5 Å². The molecule has 39 heavy (non-hydrogen) atoms. The van der Waals surface area contributed by atoms with Crippen molar-refractivity contribution in [1.29, 1.82) is 0 Å². The normalized spacial score (nSPS) is 13.1. The third kappa shape index (κ3) is 3.49. The van der Waals surface area contributed by atoms with E-state index in [9.17, 15) is 5.11 Å². The molecule has 4 nitrogen and oxygen atoms in total. The maximum Gasteiger partial charge on any atom is 0.124 e. The molecule has 0 saturated heterocycles. The van der Waals surface area contributed by atoms with Crippen molar-refractivity contribution in [3.05, 3.63) is 156 Å². The van der Waals surface area contributed by atoms with Crippen LogP contribution in [-0.2, 0) is 5.41 Å². The highest BCUT2D eigenvalue weighted by Crippen LogP contribution is 2.56. The molecule has 0 amide bonds. The first-order chi connectivity index (χ1) is 19.2. The van der Waals surface area contributed by atoms with Gasteiger partial charge >= 0.3 is 0 Å². The SMILES string of the molecule is Cc1cncnc1-c1cccc(C2(c3cccc(-c4ccccc4O)n3)c3ccccc3-c3ccccc32)c1. The van der Waals surface area contributed by atoms with Gasteiger partial charge in [0.15, 0.2) is 0 Å². The Morgan fingerprint density at radius 2 is 1.33 bits per heavy atom. The van der Waals surface area contributed by atoms with E-state index in [1.807, 2.05) is 43.5 Å². The molecule has 0 bridgehead atoms. The number of phenols is 1. The fourth-order valence-electron chi connectivity index (χ4n) is 6.05. The van der Waals surface area contributed by atoms with Crippen molar-refractivity contribution in [3.63, 3.8) is 0 Å². The Bertz CT molecular complexity index is 1720. The van der Waals surface area contributed by atoms with E-state index in [1.165, 1.54) is 22.3 Å². The Balaban J connectivity index is 1.56. The summed E-state index contributed by atoms with van der Waals surface area (Å²) in [6, 6.07) is 39.3. The Labute approximate surface area is 227 Å². The molecule has 4 heteroatoms. The maximum atomic E-state index is 10.7. The summed E-state index contributed by atoms with van der Waals surface area (Å²) in [6.07, 6.45) is 3.45. The van der Waals surface area contributed by atoms with Crippen LogP contribution >= 0.6 is 0 Å². The van der Waals surface area contributed by atoms with Crippen molar-refractivity contribution in [2.75, 3.05) is 0 Å². The predicted octanol–water partition coefficient (Wildman–Crippen LogP) is 7.58. The summed E-state index contributed by atoms with van der Waals surface area (Å²) in [5, 5.41) is 10.7. The van der Waals surface area contributed by atoms with Gasteiger partial charge in [0.1, 0.15) is 12.1 Å². The van der Waals surface area contributed by atoms with Gasteiger partial charge in [-0.15, -0.1) is 0 Å². The molecule has 2 heterocycles. The van der Waals surface area contributed by atoms with Crippen molar-refractivity contribution in [1.82, 2.24) is 15.0 Å². The molecule has 2 aromatic heterocycles. The number of aromatic nitrogens is 3. The molecule has 1 N–H and O–H groups in total. The van der Waals surface area contributed by atoms with Gasteiger partial charge in [0.2, 0.25) is 0 Å². The van der Waals surface area contributed by atoms with Crippen LogP contribution in [0, 0.1) is 6.92 Å². The zero-order valence-corrected chi connectivity index (χ0v) is 21.4. The predicted molar refractivity (Wildman–Crippen MR) is 154 cm³/mol. The van der Waals surface area contributed by atoms with E-state index in [1.54, 1.807) is 12.4 Å². The summed E-state index contributed by atoms with van der Waals surface area (Å²) in [4.78, 5) is 14.1. The van der Waals surface area contributed by atoms with Crippen LogP contribution in [0.1, 0.15) is 27.9 Å². The number of fused-ring (bicyclic) bond motifs is 3. The van der Waals surface area contributed by atoms with Gasteiger partial charge in [0, 0.05) is 17.3 Å². The largest absolute Gasteiger partial charge is 0.507 e.